The van der Waals surface area contributed by atoms with Crippen LogP contribution in [0.2, 0.25) is 0 Å². The van der Waals surface area contributed by atoms with Crippen LogP contribution in [0, 0.1) is 5.92 Å². The number of hydrogen-bond donors (Lipinski definition) is 1. The summed E-state index contributed by atoms with van der Waals surface area (Å²) in [6, 6.07) is 0.748. The monoisotopic (exact) mass is 170 g/mol. The number of likely N-dealkylation sites (N-methyl/N-ethyl adjacent to an activating group) is 1. The van der Waals surface area contributed by atoms with Gasteiger partial charge in [0.1, 0.15) is 0 Å². The summed E-state index contributed by atoms with van der Waals surface area (Å²) in [6.45, 7) is 8.25. The molecule has 1 aliphatic rings. The van der Waals surface area contributed by atoms with Gasteiger partial charge in [0.15, 0.2) is 0 Å². The third kappa shape index (κ3) is 2.46. The molecule has 1 N–H and O–H groups in total. The van der Waals surface area contributed by atoms with Crippen LogP contribution < -0.4 is 5.32 Å². The van der Waals surface area contributed by atoms with Gasteiger partial charge >= 0.3 is 0 Å². The van der Waals surface area contributed by atoms with E-state index in [1.807, 2.05) is 0 Å². The molecule has 0 saturated carbocycles. The highest BCUT2D eigenvalue weighted by atomic mass is 15.2. The van der Waals surface area contributed by atoms with Crippen LogP contribution in [0.15, 0.2) is 0 Å². The smallest absolute Gasteiger partial charge is 0.0243 e. The molecule has 0 aliphatic carbocycles. The maximum Gasteiger partial charge on any atom is 0.0243 e. The third-order valence-corrected chi connectivity index (χ3v) is 3.08. The maximum absolute atomic E-state index is 3.50. The molecule has 2 unspecified atom stereocenters. The molecule has 1 heterocycles. The fraction of sp³-hybridized carbons (Fsp3) is 1.00. The molecule has 0 aromatic heterocycles. The third-order valence-electron chi connectivity index (χ3n) is 3.08. The zero-order valence-corrected chi connectivity index (χ0v) is 8.64. The lowest BCUT2D eigenvalue weighted by Gasteiger charge is -2.30. The predicted molar refractivity (Wildman–Crippen MR) is 53.4 cm³/mol. The summed E-state index contributed by atoms with van der Waals surface area (Å²) in [4.78, 5) is 2.51. The Hall–Kier alpha value is -0.0800. The normalized spacial score (nSPS) is 29.8. The summed E-state index contributed by atoms with van der Waals surface area (Å²) in [5, 5.41) is 3.50. The quantitative estimate of drug-likeness (QED) is 0.672. The Morgan fingerprint density at radius 1 is 1.58 bits per heavy atom. The van der Waals surface area contributed by atoms with Crippen LogP contribution in [-0.2, 0) is 0 Å². The molecule has 0 radical (unpaired) electrons. The van der Waals surface area contributed by atoms with Crippen LogP contribution in [0.1, 0.15) is 26.7 Å². The van der Waals surface area contributed by atoms with E-state index in [0.29, 0.717) is 0 Å². The second kappa shape index (κ2) is 4.83. The highest BCUT2D eigenvalue weighted by molar-refractivity contribution is 4.79. The molecule has 0 amide bonds. The van der Waals surface area contributed by atoms with E-state index in [-0.39, 0.29) is 0 Å². The van der Waals surface area contributed by atoms with Gasteiger partial charge < -0.3 is 10.2 Å². The molecule has 1 fully saturated rings. The number of rotatable bonds is 2. The van der Waals surface area contributed by atoms with E-state index in [2.05, 4.69) is 31.1 Å². The average molecular weight is 170 g/mol. The minimum Gasteiger partial charge on any atom is -0.315 e. The Balaban J connectivity index is 2.46. The Morgan fingerprint density at radius 2 is 2.33 bits per heavy atom. The fourth-order valence-corrected chi connectivity index (χ4v) is 1.93. The molecule has 2 atom stereocenters. The summed E-state index contributed by atoms with van der Waals surface area (Å²) in [5.41, 5.74) is 0. The van der Waals surface area contributed by atoms with Crippen LogP contribution in [-0.4, -0.2) is 37.6 Å². The zero-order chi connectivity index (χ0) is 8.97. The molecule has 12 heavy (non-hydrogen) atoms. The van der Waals surface area contributed by atoms with Crippen LogP contribution >= 0.6 is 0 Å². The molecule has 0 aromatic carbocycles. The van der Waals surface area contributed by atoms with E-state index >= 15 is 0 Å². The lowest BCUT2D eigenvalue weighted by molar-refractivity contribution is 0.193. The van der Waals surface area contributed by atoms with Crippen molar-refractivity contribution in [2.45, 2.75) is 32.7 Å². The van der Waals surface area contributed by atoms with Crippen molar-refractivity contribution in [3.05, 3.63) is 0 Å². The van der Waals surface area contributed by atoms with Gasteiger partial charge in [-0.15, -0.1) is 0 Å². The molecule has 0 aromatic rings. The molecule has 1 rings (SSSR count). The lowest BCUT2D eigenvalue weighted by atomic mass is 9.98. The molecule has 1 saturated heterocycles. The first-order chi connectivity index (χ1) is 5.75. The molecule has 72 valence electrons. The average Bonchev–Trinajstić information content (AvgIpc) is 2.28. The highest BCUT2D eigenvalue weighted by Crippen LogP contribution is 2.14. The van der Waals surface area contributed by atoms with Crippen molar-refractivity contribution in [2.75, 3.05) is 26.7 Å². The van der Waals surface area contributed by atoms with Crippen molar-refractivity contribution in [3.63, 3.8) is 0 Å². The minimum absolute atomic E-state index is 0.748. The Bertz CT molecular complexity index is 125. The van der Waals surface area contributed by atoms with Gasteiger partial charge in [-0.2, -0.15) is 0 Å². The van der Waals surface area contributed by atoms with Crippen molar-refractivity contribution in [2.24, 2.45) is 5.92 Å². The summed E-state index contributed by atoms with van der Waals surface area (Å²) >= 11 is 0. The molecule has 2 heteroatoms. The molecule has 1 aliphatic heterocycles. The molecular weight excluding hydrogens is 148 g/mol. The van der Waals surface area contributed by atoms with Crippen molar-refractivity contribution < 1.29 is 0 Å². The van der Waals surface area contributed by atoms with E-state index in [1.165, 1.54) is 32.5 Å². The van der Waals surface area contributed by atoms with Gasteiger partial charge in [-0.05, 0) is 32.5 Å². The van der Waals surface area contributed by atoms with Crippen LogP contribution in [0.3, 0.4) is 0 Å². The Kier molecular flexibility index (Phi) is 4.02. The maximum atomic E-state index is 3.50. The Morgan fingerprint density at radius 3 is 3.00 bits per heavy atom. The second-order valence-corrected chi connectivity index (χ2v) is 3.99. The van der Waals surface area contributed by atoms with Gasteiger partial charge in [0.2, 0.25) is 0 Å². The van der Waals surface area contributed by atoms with Crippen molar-refractivity contribution >= 4 is 0 Å². The Labute approximate surface area is 76.3 Å². The summed E-state index contributed by atoms with van der Waals surface area (Å²) < 4.78 is 0. The molecule has 2 nitrogen and oxygen atoms in total. The van der Waals surface area contributed by atoms with E-state index < -0.39 is 0 Å². The van der Waals surface area contributed by atoms with Gasteiger partial charge in [0, 0.05) is 12.6 Å². The van der Waals surface area contributed by atoms with Gasteiger partial charge in [0.05, 0.1) is 0 Å². The number of nitrogens with one attached hydrogen (secondary N) is 1. The molecule has 0 bridgehead atoms. The number of nitrogens with zero attached hydrogens (tertiary/aromatic N) is 1. The first kappa shape index (κ1) is 10.0. The van der Waals surface area contributed by atoms with Gasteiger partial charge in [0.25, 0.3) is 0 Å². The van der Waals surface area contributed by atoms with Gasteiger partial charge in [-0.1, -0.05) is 20.3 Å². The fourth-order valence-electron chi connectivity index (χ4n) is 1.93. The van der Waals surface area contributed by atoms with Crippen molar-refractivity contribution in [1.82, 2.24) is 10.2 Å². The standard InChI is InChI=1S/C10H22N2/c1-4-9(2)10-8-11-6-5-7-12(10)3/h9-11H,4-8H2,1-3H3. The summed E-state index contributed by atoms with van der Waals surface area (Å²) in [5.74, 6) is 0.820. The van der Waals surface area contributed by atoms with E-state index in [4.69, 9.17) is 0 Å². The topological polar surface area (TPSA) is 15.3 Å². The van der Waals surface area contributed by atoms with E-state index in [0.717, 1.165) is 12.0 Å². The minimum atomic E-state index is 0.748. The summed E-state index contributed by atoms with van der Waals surface area (Å²) in [6.07, 6.45) is 2.58. The van der Waals surface area contributed by atoms with Crippen molar-refractivity contribution in [1.29, 1.82) is 0 Å². The van der Waals surface area contributed by atoms with E-state index in [1.54, 1.807) is 0 Å². The van der Waals surface area contributed by atoms with Gasteiger partial charge in [-0.25, -0.2) is 0 Å². The van der Waals surface area contributed by atoms with E-state index in [9.17, 15) is 0 Å². The van der Waals surface area contributed by atoms with Gasteiger partial charge in [-0.3, -0.25) is 0 Å². The highest BCUT2D eigenvalue weighted by Gasteiger charge is 2.21. The lowest BCUT2D eigenvalue weighted by Crippen LogP contribution is -2.41. The second-order valence-electron chi connectivity index (χ2n) is 3.99. The largest absolute Gasteiger partial charge is 0.315 e. The first-order valence-corrected chi connectivity index (χ1v) is 5.16. The number of hydrogen-bond acceptors (Lipinski definition) is 2. The zero-order valence-electron chi connectivity index (χ0n) is 8.64. The molecular formula is C10H22N2. The first-order valence-electron chi connectivity index (χ1n) is 5.16. The van der Waals surface area contributed by atoms with Crippen LogP contribution in [0.4, 0.5) is 0 Å². The van der Waals surface area contributed by atoms with Crippen LogP contribution in [0.25, 0.3) is 0 Å². The molecule has 0 spiro atoms. The predicted octanol–water partition coefficient (Wildman–Crippen LogP) is 1.33. The summed E-state index contributed by atoms with van der Waals surface area (Å²) in [7, 11) is 2.25. The SMILES string of the molecule is CCC(C)C1CNCCCN1C. The van der Waals surface area contributed by atoms with Crippen molar-refractivity contribution in [3.8, 4) is 0 Å². The van der Waals surface area contributed by atoms with Crippen LogP contribution in [0.5, 0.6) is 0 Å².